The fourth-order valence-corrected chi connectivity index (χ4v) is 2.68. The molecule has 1 atom stereocenters. The number of aryl methyl sites for hydroxylation is 1. The van der Waals surface area contributed by atoms with E-state index >= 15 is 0 Å². The predicted octanol–water partition coefficient (Wildman–Crippen LogP) is 2.95. The summed E-state index contributed by atoms with van der Waals surface area (Å²) in [5.41, 5.74) is 1.70. The smallest absolute Gasteiger partial charge is 0.133 e. The molecule has 0 aromatic heterocycles. The Labute approximate surface area is 118 Å². The van der Waals surface area contributed by atoms with Gasteiger partial charge in [0.15, 0.2) is 0 Å². The maximum absolute atomic E-state index is 13.4. The van der Waals surface area contributed by atoms with Crippen molar-refractivity contribution in [2.75, 3.05) is 6.61 Å². The quantitative estimate of drug-likeness (QED) is 0.902. The number of hydrogen-bond donors (Lipinski definition) is 1. The van der Waals surface area contributed by atoms with Gasteiger partial charge >= 0.3 is 0 Å². The standard InChI is InChI=1S/C16H21FO3/c1-2-11-3-4-12(17)9-15(11)16(10-18)20-14-7-5-13(19)6-8-14/h3-4,9,14,16,18H,2,5-8,10H2,1H3/t16-/m0/s1. The summed E-state index contributed by atoms with van der Waals surface area (Å²) in [5, 5.41) is 9.56. The van der Waals surface area contributed by atoms with E-state index < -0.39 is 6.10 Å². The van der Waals surface area contributed by atoms with Gasteiger partial charge in [0.25, 0.3) is 0 Å². The number of halogens is 1. The number of carbonyl (C=O) groups excluding carboxylic acids is 1. The number of aliphatic hydroxyl groups is 1. The molecular weight excluding hydrogens is 259 g/mol. The molecule has 20 heavy (non-hydrogen) atoms. The molecule has 4 heteroatoms. The summed E-state index contributed by atoms with van der Waals surface area (Å²) in [7, 11) is 0. The lowest BCUT2D eigenvalue weighted by atomic mass is 9.95. The van der Waals surface area contributed by atoms with Crippen LogP contribution < -0.4 is 0 Å². The van der Waals surface area contributed by atoms with Crippen molar-refractivity contribution in [3.63, 3.8) is 0 Å². The summed E-state index contributed by atoms with van der Waals surface area (Å²) in [5.74, 6) is -0.0523. The van der Waals surface area contributed by atoms with Gasteiger partial charge in [-0.15, -0.1) is 0 Å². The summed E-state index contributed by atoms with van der Waals surface area (Å²) in [6, 6.07) is 4.60. The minimum Gasteiger partial charge on any atom is -0.393 e. The maximum atomic E-state index is 13.4. The first-order chi connectivity index (χ1) is 9.63. The van der Waals surface area contributed by atoms with E-state index in [0.29, 0.717) is 31.2 Å². The van der Waals surface area contributed by atoms with Crippen molar-refractivity contribution >= 4 is 5.78 Å². The number of carbonyl (C=O) groups is 1. The van der Waals surface area contributed by atoms with Crippen LogP contribution in [0, 0.1) is 5.82 Å². The van der Waals surface area contributed by atoms with E-state index in [4.69, 9.17) is 4.74 Å². The molecule has 0 saturated heterocycles. The summed E-state index contributed by atoms with van der Waals surface area (Å²) in [6.07, 6.45) is 2.66. The van der Waals surface area contributed by atoms with E-state index in [1.807, 2.05) is 6.92 Å². The molecule has 0 heterocycles. The molecule has 1 aromatic carbocycles. The minimum absolute atomic E-state index is 0.0298. The molecule has 1 N–H and O–H groups in total. The van der Waals surface area contributed by atoms with Crippen LogP contribution in [0.3, 0.4) is 0 Å². The van der Waals surface area contributed by atoms with Crippen LogP contribution in [-0.2, 0) is 16.0 Å². The van der Waals surface area contributed by atoms with Crippen molar-refractivity contribution < 1.29 is 19.0 Å². The Morgan fingerprint density at radius 2 is 2.10 bits per heavy atom. The molecule has 3 nitrogen and oxygen atoms in total. The van der Waals surface area contributed by atoms with E-state index in [-0.39, 0.29) is 24.3 Å². The zero-order chi connectivity index (χ0) is 14.5. The van der Waals surface area contributed by atoms with Gasteiger partial charge in [-0.05, 0) is 42.5 Å². The van der Waals surface area contributed by atoms with Crippen molar-refractivity contribution in [2.24, 2.45) is 0 Å². The van der Waals surface area contributed by atoms with Crippen LogP contribution in [0.1, 0.15) is 49.8 Å². The SMILES string of the molecule is CCc1ccc(F)cc1[C@H](CO)OC1CCC(=O)CC1. The highest BCUT2D eigenvalue weighted by Gasteiger charge is 2.24. The van der Waals surface area contributed by atoms with Crippen LogP contribution in [-0.4, -0.2) is 23.6 Å². The van der Waals surface area contributed by atoms with Crippen molar-refractivity contribution in [3.8, 4) is 0 Å². The third kappa shape index (κ3) is 3.64. The Bertz CT molecular complexity index is 463. The van der Waals surface area contributed by atoms with E-state index in [1.54, 1.807) is 6.07 Å². The van der Waals surface area contributed by atoms with Crippen LogP contribution in [0.2, 0.25) is 0 Å². The number of Topliss-reactive ketones (excluding diaryl/α,β-unsaturated/α-hetero) is 1. The first kappa shape index (κ1) is 15.1. The number of ketones is 1. The molecule has 0 unspecified atom stereocenters. The maximum Gasteiger partial charge on any atom is 0.133 e. The van der Waals surface area contributed by atoms with Crippen molar-refractivity contribution in [1.29, 1.82) is 0 Å². The first-order valence-electron chi connectivity index (χ1n) is 7.20. The molecule has 1 aliphatic carbocycles. The average Bonchev–Trinajstić information content (AvgIpc) is 2.46. The van der Waals surface area contributed by atoms with Gasteiger partial charge in [-0.25, -0.2) is 4.39 Å². The normalized spacial score (nSPS) is 18.2. The molecule has 0 spiro atoms. The van der Waals surface area contributed by atoms with Gasteiger partial charge in [0.2, 0.25) is 0 Å². The lowest BCUT2D eigenvalue weighted by Gasteiger charge is -2.27. The fourth-order valence-electron chi connectivity index (χ4n) is 2.68. The van der Waals surface area contributed by atoms with Crippen LogP contribution in [0.15, 0.2) is 18.2 Å². The zero-order valence-corrected chi connectivity index (χ0v) is 11.8. The lowest BCUT2D eigenvalue weighted by Crippen LogP contribution is -2.25. The van der Waals surface area contributed by atoms with Gasteiger partial charge in [-0.1, -0.05) is 13.0 Å². The molecule has 0 radical (unpaired) electrons. The Balaban J connectivity index is 2.11. The summed E-state index contributed by atoms with van der Waals surface area (Å²) >= 11 is 0. The van der Waals surface area contributed by atoms with Gasteiger partial charge in [0, 0.05) is 12.8 Å². The molecule has 1 aromatic rings. The Kier molecular flexibility index (Phi) is 5.26. The highest BCUT2D eigenvalue weighted by Crippen LogP contribution is 2.28. The topological polar surface area (TPSA) is 46.5 Å². The lowest BCUT2D eigenvalue weighted by molar-refractivity contribution is -0.125. The summed E-state index contributed by atoms with van der Waals surface area (Å²) in [6.45, 7) is 1.81. The molecule has 1 fully saturated rings. The van der Waals surface area contributed by atoms with Crippen LogP contribution in [0.4, 0.5) is 4.39 Å². The second kappa shape index (κ2) is 6.95. The van der Waals surface area contributed by atoms with E-state index in [1.165, 1.54) is 12.1 Å². The van der Waals surface area contributed by atoms with Crippen molar-refractivity contribution in [3.05, 3.63) is 35.1 Å². The zero-order valence-electron chi connectivity index (χ0n) is 11.8. The molecule has 2 rings (SSSR count). The Morgan fingerprint density at radius 1 is 1.40 bits per heavy atom. The second-order valence-electron chi connectivity index (χ2n) is 5.24. The Hall–Kier alpha value is -1.26. The van der Waals surface area contributed by atoms with Crippen molar-refractivity contribution in [1.82, 2.24) is 0 Å². The van der Waals surface area contributed by atoms with E-state index in [0.717, 1.165) is 12.0 Å². The molecule has 0 aliphatic heterocycles. The average molecular weight is 280 g/mol. The molecule has 1 aliphatic rings. The number of benzene rings is 1. The fraction of sp³-hybridized carbons (Fsp3) is 0.562. The minimum atomic E-state index is -0.515. The van der Waals surface area contributed by atoms with Gasteiger partial charge in [0.1, 0.15) is 17.7 Å². The number of rotatable bonds is 5. The van der Waals surface area contributed by atoms with E-state index in [9.17, 15) is 14.3 Å². The molecular formula is C16H21FO3. The third-order valence-electron chi connectivity index (χ3n) is 3.85. The van der Waals surface area contributed by atoms with Gasteiger partial charge < -0.3 is 9.84 Å². The number of aliphatic hydroxyl groups excluding tert-OH is 1. The Morgan fingerprint density at radius 3 is 2.70 bits per heavy atom. The first-order valence-corrected chi connectivity index (χ1v) is 7.20. The van der Waals surface area contributed by atoms with Gasteiger partial charge in [-0.2, -0.15) is 0 Å². The number of ether oxygens (including phenoxy) is 1. The highest BCUT2D eigenvalue weighted by molar-refractivity contribution is 5.79. The molecule has 1 saturated carbocycles. The monoisotopic (exact) mass is 280 g/mol. The summed E-state index contributed by atoms with van der Waals surface area (Å²) < 4.78 is 19.3. The predicted molar refractivity (Wildman–Crippen MR) is 74.0 cm³/mol. The second-order valence-corrected chi connectivity index (χ2v) is 5.24. The molecule has 0 bridgehead atoms. The number of hydrogen-bond acceptors (Lipinski definition) is 3. The van der Waals surface area contributed by atoms with Crippen LogP contribution in [0.5, 0.6) is 0 Å². The summed E-state index contributed by atoms with van der Waals surface area (Å²) in [4.78, 5) is 11.2. The highest BCUT2D eigenvalue weighted by atomic mass is 19.1. The van der Waals surface area contributed by atoms with Gasteiger partial charge in [0.05, 0.1) is 12.7 Å². The van der Waals surface area contributed by atoms with Crippen LogP contribution >= 0.6 is 0 Å². The largest absolute Gasteiger partial charge is 0.393 e. The van der Waals surface area contributed by atoms with Crippen LogP contribution in [0.25, 0.3) is 0 Å². The van der Waals surface area contributed by atoms with E-state index in [2.05, 4.69) is 0 Å². The van der Waals surface area contributed by atoms with Crippen molar-refractivity contribution in [2.45, 2.75) is 51.2 Å². The third-order valence-corrected chi connectivity index (χ3v) is 3.85. The molecule has 0 amide bonds. The molecule has 110 valence electrons. The van der Waals surface area contributed by atoms with Gasteiger partial charge in [-0.3, -0.25) is 4.79 Å².